The van der Waals surface area contributed by atoms with Crippen LogP contribution in [0.15, 0.2) is 48.5 Å². The van der Waals surface area contributed by atoms with E-state index in [0.717, 1.165) is 0 Å². The van der Waals surface area contributed by atoms with Crippen LogP contribution in [-0.4, -0.2) is 36.0 Å². The van der Waals surface area contributed by atoms with E-state index in [-0.39, 0.29) is 24.0 Å². The lowest BCUT2D eigenvalue weighted by Crippen LogP contribution is -2.72. The van der Waals surface area contributed by atoms with E-state index >= 15 is 0 Å². The lowest BCUT2D eigenvalue weighted by atomic mass is 9.81. The molecule has 0 aliphatic carbocycles. The van der Waals surface area contributed by atoms with E-state index in [2.05, 4.69) is 26.6 Å². The molecule has 2 heterocycles. The number of ketones is 1. The van der Waals surface area contributed by atoms with Gasteiger partial charge in [-0.25, -0.2) is 0 Å². The number of hydrogen-bond acceptors (Lipinski definition) is 6. The van der Waals surface area contributed by atoms with Gasteiger partial charge in [0.15, 0.2) is 12.1 Å². The van der Waals surface area contributed by atoms with E-state index in [1.54, 1.807) is 48.5 Å². The molecule has 2 aliphatic heterocycles. The molecule has 0 bridgehead atoms. The lowest BCUT2D eigenvalue weighted by molar-refractivity contribution is -0.144. The molecule has 3 amide bonds. The van der Waals surface area contributed by atoms with Crippen molar-refractivity contribution < 1.29 is 19.2 Å². The molecular weight excluding hydrogens is 434 g/mol. The summed E-state index contributed by atoms with van der Waals surface area (Å²) in [6.07, 6.45) is -1.50. The number of anilines is 2. The quantitative estimate of drug-likeness (QED) is 0.436. The SMILES string of the molecule is CC(=O)c1ccc(NC(=O)C2CC(=O)NC3NC(Nc4cccc(Cl)c4)NC(=O)C32)cc1. The van der Waals surface area contributed by atoms with Gasteiger partial charge in [0, 0.05) is 28.4 Å². The van der Waals surface area contributed by atoms with Crippen molar-refractivity contribution in [3.63, 3.8) is 0 Å². The number of nitrogens with one attached hydrogen (secondary N) is 5. The number of hydrogen-bond donors (Lipinski definition) is 5. The fourth-order valence-electron chi connectivity index (χ4n) is 3.92. The third-order valence-electron chi connectivity index (χ3n) is 5.48. The summed E-state index contributed by atoms with van der Waals surface area (Å²) in [7, 11) is 0. The molecule has 2 aliphatic rings. The molecule has 32 heavy (non-hydrogen) atoms. The second kappa shape index (κ2) is 8.97. The van der Waals surface area contributed by atoms with Crippen LogP contribution in [0, 0.1) is 11.8 Å². The second-order valence-corrected chi connectivity index (χ2v) is 8.20. The Morgan fingerprint density at radius 1 is 1.03 bits per heavy atom. The number of carbonyl (C=O) groups is 4. The van der Waals surface area contributed by atoms with Crippen molar-refractivity contribution in [3.05, 3.63) is 59.1 Å². The molecule has 2 aromatic rings. The number of Topliss-reactive ketones (excluding diaryl/α,β-unsaturated/α-hetero) is 1. The van der Waals surface area contributed by atoms with Crippen LogP contribution in [0.4, 0.5) is 11.4 Å². The first-order valence-electron chi connectivity index (χ1n) is 10.1. The number of carbonyl (C=O) groups excluding carboxylic acids is 4. The monoisotopic (exact) mass is 455 g/mol. The molecule has 9 nitrogen and oxygen atoms in total. The van der Waals surface area contributed by atoms with E-state index in [1.807, 2.05) is 0 Å². The minimum Gasteiger partial charge on any atom is -0.353 e. The van der Waals surface area contributed by atoms with Crippen molar-refractivity contribution in [1.29, 1.82) is 0 Å². The summed E-state index contributed by atoms with van der Waals surface area (Å²) in [5, 5.41) is 15.0. The molecule has 0 saturated carbocycles. The average Bonchev–Trinajstić information content (AvgIpc) is 2.73. The Balaban J connectivity index is 1.46. The van der Waals surface area contributed by atoms with Crippen molar-refractivity contribution in [1.82, 2.24) is 16.0 Å². The highest BCUT2D eigenvalue weighted by molar-refractivity contribution is 6.30. The molecule has 2 aromatic carbocycles. The largest absolute Gasteiger partial charge is 0.353 e. The smallest absolute Gasteiger partial charge is 0.229 e. The van der Waals surface area contributed by atoms with Crippen LogP contribution < -0.4 is 26.6 Å². The first-order valence-corrected chi connectivity index (χ1v) is 10.5. The summed E-state index contributed by atoms with van der Waals surface area (Å²) in [6, 6.07) is 13.4. The molecule has 4 unspecified atom stereocenters. The van der Waals surface area contributed by atoms with Gasteiger partial charge in [-0.3, -0.25) is 24.5 Å². The van der Waals surface area contributed by atoms with Crippen molar-refractivity contribution in [3.8, 4) is 0 Å². The zero-order valence-electron chi connectivity index (χ0n) is 17.1. The van der Waals surface area contributed by atoms with Crippen LogP contribution in [0.1, 0.15) is 23.7 Å². The van der Waals surface area contributed by atoms with E-state index < -0.39 is 30.2 Å². The van der Waals surface area contributed by atoms with E-state index in [4.69, 9.17) is 11.6 Å². The topological polar surface area (TPSA) is 128 Å². The van der Waals surface area contributed by atoms with Gasteiger partial charge < -0.3 is 21.3 Å². The van der Waals surface area contributed by atoms with Crippen LogP contribution >= 0.6 is 11.6 Å². The summed E-state index contributed by atoms with van der Waals surface area (Å²) in [6.45, 7) is 1.46. The Kier molecular flexibility index (Phi) is 6.11. The highest BCUT2D eigenvalue weighted by Gasteiger charge is 2.48. The Hall–Kier alpha value is -3.43. The van der Waals surface area contributed by atoms with E-state index in [1.165, 1.54) is 6.92 Å². The lowest BCUT2D eigenvalue weighted by Gasteiger charge is -2.43. The third-order valence-corrected chi connectivity index (χ3v) is 5.72. The summed E-state index contributed by atoms with van der Waals surface area (Å²) < 4.78 is 0. The van der Waals surface area contributed by atoms with Gasteiger partial charge >= 0.3 is 0 Å². The predicted octanol–water partition coefficient (Wildman–Crippen LogP) is 1.67. The number of piperidine rings is 1. The summed E-state index contributed by atoms with van der Waals surface area (Å²) in [5.74, 6) is -2.87. The maximum Gasteiger partial charge on any atom is 0.229 e. The van der Waals surface area contributed by atoms with Crippen molar-refractivity contribution >= 4 is 46.5 Å². The fraction of sp³-hybridized carbons (Fsp3) is 0.273. The Bertz CT molecular complexity index is 1070. The predicted molar refractivity (Wildman–Crippen MR) is 119 cm³/mol. The van der Waals surface area contributed by atoms with Gasteiger partial charge in [-0.2, -0.15) is 0 Å². The van der Waals surface area contributed by atoms with Gasteiger partial charge in [0.05, 0.1) is 18.0 Å². The minimum absolute atomic E-state index is 0.0828. The molecule has 0 radical (unpaired) electrons. The van der Waals surface area contributed by atoms with E-state index in [0.29, 0.717) is 22.0 Å². The van der Waals surface area contributed by atoms with Crippen molar-refractivity contribution in [2.24, 2.45) is 11.8 Å². The summed E-state index contributed by atoms with van der Waals surface area (Å²) in [5.41, 5.74) is 1.68. The van der Waals surface area contributed by atoms with Gasteiger partial charge in [-0.1, -0.05) is 17.7 Å². The van der Waals surface area contributed by atoms with Gasteiger partial charge in [0.1, 0.15) is 0 Å². The highest BCUT2D eigenvalue weighted by Crippen LogP contribution is 2.28. The zero-order chi connectivity index (χ0) is 22.8. The molecule has 2 fully saturated rings. The number of halogens is 1. The van der Waals surface area contributed by atoms with Gasteiger partial charge in [0.2, 0.25) is 17.7 Å². The molecular formula is C22H22ClN5O4. The molecule has 4 atom stereocenters. The summed E-state index contributed by atoms with van der Waals surface area (Å²) in [4.78, 5) is 49.6. The summed E-state index contributed by atoms with van der Waals surface area (Å²) >= 11 is 6.00. The highest BCUT2D eigenvalue weighted by atomic mass is 35.5. The van der Waals surface area contributed by atoms with Crippen LogP contribution in [0.3, 0.4) is 0 Å². The minimum atomic E-state index is -0.860. The van der Waals surface area contributed by atoms with Gasteiger partial charge in [-0.15, -0.1) is 0 Å². The molecule has 5 N–H and O–H groups in total. The van der Waals surface area contributed by atoms with Gasteiger partial charge in [-0.05, 0) is 49.4 Å². The molecule has 0 spiro atoms. The van der Waals surface area contributed by atoms with Crippen LogP contribution in [-0.2, 0) is 14.4 Å². The van der Waals surface area contributed by atoms with E-state index in [9.17, 15) is 19.2 Å². The molecule has 4 rings (SSSR count). The zero-order valence-corrected chi connectivity index (χ0v) is 17.9. The standard InChI is InChI=1S/C22H22ClN5O4/c1-11(29)12-5-7-14(8-6-12)24-20(31)16-10-17(30)26-19-18(16)21(32)28-22(27-19)25-15-4-2-3-13(23)9-15/h2-9,16,18-19,22,25,27H,10H2,1H3,(H,24,31)(H,26,30)(H,28,32). The van der Waals surface area contributed by atoms with Crippen LogP contribution in [0.25, 0.3) is 0 Å². The molecule has 10 heteroatoms. The fourth-order valence-corrected chi connectivity index (χ4v) is 4.11. The second-order valence-electron chi connectivity index (χ2n) is 7.77. The number of rotatable bonds is 5. The molecule has 166 valence electrons. The first kappa shape index (κ1) is 21.8. The number of amides is 3. The number of fused-ring (bicyclic) bond motifs is 1. The molecule has 2 saturated heterocycles. The van der Waals surface area contributed by atoms with Crippen LogP contribution in [0.2, 0.25) is 5.02 Å². The Morgan fingerprint density at radius 3 is 2.47 bits per heavy atom. The average molecular weight is 456 g/mol. The maximum absolute atomic E-state index is 12.9. The number of benzene rings is 2. The third kappa shape index (κ3) is 4.74. The molecule has 0 aromatic heterocycles. The van der Waals surface area contributed by atoms with Crippen molar-refractivity contribution in [2.45, 2.75) is 25.8 Å². The Labute approximate surface area is 189 Å². The normalized spacial score (nSPS) is 24.6. The first-order chi connectivity index (χ1) is 15.3. The van der Waals surface area contributed by atoms with Gasteiger partial charge in [0.25, 0.3) is 0 Å². The Morgan fingerprint density at radius 2 is 1.78 bits per heavy atom. The van der Waals surface area contributed by atoms with Crippen molar-refractivity contribution in [2.75, 3.05) is 10.6 Å². The van der Waals surface area contributed by atoms with Crippen LogP contribution in [0.5, 0.6) is 0 Å². The maximum atomic E-state index is 12.9.